The highest BCUT2D eigenvalue weighted by molar-refractivity contribution is 7.81. The zero-order valence-electron chi connectivity index (χ0n) is 26.3. The Morgan fingerprint density at radius 1 is 1.22 bits per heavy atom. The monoisotopic (exact) mass is 688 g/mol. The number of carbonyl (C=O) groups excluding carboxylic acids is 2. The van der Waals surface area contributed by atoms with E-state index in [2.05, 4.69) is 29.5 Å². The summed E-state index contributed by atoms with van der Waals surface area (Å²) in [7, 11) is 1.37. The van der Waals surface area contributed by atoms with Crippen molar-refractivity contribution in [1.82, 2.24) is 10.2 Å². The molecule has 1 saturated heterocycles. The molecule has 1 aliphatic heterocycles. The van der Waals surface area contributed by atoms with E-state index in [-0.39, 0.29) is 54.7 Å². The van der Waals surface area contributed by atoms with Gasteiger partial charge in [-0.25, -0.2) is 8.78 Å². The first-order valence-electron chi connectivity index (χ1n) is 14.5. The van der Waals surface area contributed by atoms with Crippen molar-refractivity contribution in [3.05, 3.63) is 64.2 Å². The number of carbonyl (C=O) groups is 2. The zero-order chi connectivity index (χ0) is 34.6. The third kappa shape index (κ3) is 8.40. The summed E-state index contributed by atoms with van der Waals surface area (Å²) < 4.78 is 78.4. The minimum Gasteiger partial charge on any atom is -0.380 e. The quantitative estimate of drug-likeness (QED) is 0.0468. The van der Waals surface area contributed by atoms with Crippen molar-refractivity contribution >= 4 is 48.1 Å². The Hall–Kier alpha value is -3.16. The normalized spacial score (nSPS) is 14.8. The largest absolute Gasteiger partial charge is 0.417 e. The fraction of sp³-hybridized carbons (Fsp3) is 0.469. The molecule has 0 atom stereocenters. The van der Waals surface area contributed by atoms with Crippen LogP contribution in [0.1, 0.15) is 43.9 Å². The number of amides is 2. The average molecular weight is 689 g/mol. The SMILES string of the molecule is C=CC(=O)N(CCNC(=NC)c1cc(C(F)(F)F)c(-c2cc(Cl)c(F)cc2F)c(C)c1N(C=O)CC1(CC)COC1)CC(C)(C)S. The fourth-order valence-electron chi connectivity index (χ4n) is 5.44. The molecule has 14 heteroatoms. The van der Waals surface area contributed by atoms with Gasteiger partial charge in [0.05, 0.1) is 29.5 Å². The molecule has 0 saturated carbocycles. The average Bonchev–Trinajstić information content (AvgIpc) is 2.95. The smallest absolute Gasteiger partial charge is 0.380 e. The van der Waals surface area contributed by atoms with Gasteiger partial charge in [-0.1, -0.05) is 25.1 Å². The van der Waals surface area contributed by atoms with E-state index < -0.39 is 49.7 Å². The Morgan fingerprint density at radius 3 is 2.35 bits per heavy atom. The number of halogens is 6. The van der Waals surface area contributed by atoms with Crippen LogP contribution < -0.4 is 10.2 Å². The van der Waals surface area contributed by atoms with Gasteiger partial charge in [0, 0.05) is 66.1 Å². The number of hydrogen-bond acceptors (Lipinski definition) is 5. The summed E-state index contributed by atoms with van der Waals surface area (Å²) in [6.07, 6.45) is -2.74. The predicted octanol–water partition coefficient (Wildman–Crippen LogP) is 6.69. The molecule has 0 unspecified atom stereocenters. The maximum Gasteiger partial charge on any atom is 0.417 e. The minimum atomic E-state index is -5.01. The molecule has 0 aliphatic carbocycles. The van der Waals surface area contributed by atoms with Crippen molar-refractivity contribution in [2.75, 3.05) is 51.3 Å². The number of anilines is 1. The highest BCUT2D eigenvalue weighted by Crippen LogP contribution is 2.46. The van der Waals surface area contributed by atoms with Crippen molar-refractivity contribution in [3.8, 4) is 11.1 Å². The standard InChI is InChI=1S/C32H38ClF5N4O3S/c1-7-26(44)41(14-30(4,5)46)10-9-40-29(39-6)21-11-22(32(36,37)38)27(20-12-23(33)25(35)13-24(20)34)19(3)28(21)42(18-43)15-31(8-2)16-45-17-31/h7,11-13,18,46H,1,8-10,14-17H2,2-6H3,(H,39,40). The molecule has 0 aromatic heterocycles. The lowest BCUT2D eigenvalue weighted by molar-refractivity contribution is -0.137. The van der Waals surface area contributed by atoms with Gasteiger partial charge in [-0.05, 0) is 51.0 Å². The second kappa shape index (κ2) is 14.7. The van der Waals surface area contributed by atoms with Crippen molar-refractivity contribution in [2.45, 2.75) is 45.0 Å². The van der Waals surface area contributed by atoms with Gasteiger partial charge in [0.15, 0.2) is 0 Å². The van der Waals surface area contributed by atoms with Crippen molar-refractivity contribution in [3.63, 3.8) is 0 Å². The Balaban J connectivity index is 2.25. The third-order valence-electron chi connectivity index (χ3n) is 7.83. The van der Waals surface area contributed by atoms with E-state index in [1.54, 1.807) is 0 Å². The van der Waals surface area contributed by atoms with E-state index in [9.17, 15) is 27.2 Å². The second-order valence-electron chi connectivity index (χ2n) is 11.9. The molecule has 0 bridgehead atoms. The molecule has 0 spiro atoms. The molecule has 1 heterocycles. The minimum absolute atomic E-state index is 0.00819. The van der Waals surface area contributed by atoms with Crippen LogP contribution in [0.15, 0.2) is 35.8 Å². The van der Waals surface area contributed by atoms with Crippen LogP contribution in [0.2, 0.25) is 5.02 Å². The lowest BCUT2D eigenvalue weighted by Gasteiger charge is -2.44. The molecular weight excluding hydrogens is 651 g/mol. The molecule has 3 rings (SSSR count). The highest BCUT2D eigenvalue weighted by Gasteiger charge is 2.42. The number of thiol groups is 1. The van der Waals surface area contributed by atoms with Crippen LogP contribution in [0.3, 0.4) is 0 Å². The van der Waals surface area contributed by atoms with E-state index in [0.29, 0.717) is 32.1 Å². The van der Waals surface area contributed by atoms with Crippen LogP contribution in [0.5, 0.6) is 0 Å². The number of alkyl halides is 3. The highest BCUT2D eigenvalue weighted by atomic mass is 35.5. The van der Waals surface area contributed by atoms with E-state index >= 15 is 4.39 Å². The van der Waals surface area contributed by atoms with Gasteiger partial charge >= 0.3 is 6.18 Å². The number of amidine groups is 1. The predicted molar refractivity (Wildman–Crippen MR) is 174 cm³/mol. The topological polar surface area (TPSA) is 74.2 Å². The summed E-state index contributed by atoms with van der Waals surface area (Å²) in [6.45, 7) is 11.6. The van der Waals surface area contributed by atoms with Crippen molar-refractivity contribution in [1.29, 1.82) is 0 Å². The fourth-order valence-corrected chi connectivity index (χ4v) is 5.77. The van der Waals surface area contributed by atoms with Gasteiger partial charge in [-0.3, -0.25) is 14.6 Å². The van der Waals surface area contributed by atoms with Crippen molar-refractivity contribution in [2.24, 2.45) is 10.4 Å². The summed E-state index contributed by atoms with van der Waals surface area (Å²) in [4.78, 5) is 32.2. The second-order valence-corrected chi connectivity index (χ2v) is 13.5. The molecule has 252 valence electrons. The molecule has 1 fully saturated rings. The Kier molecular flexibility index (Phi) is 11.9. The van der Waals surface area contributed by atoms with Crippen LogP contribution in [0.25, 0.3) is 11.1 Å². The van der Waals surface area contributed by atoms with E-state index in [0.717, 1.165) is 18.2 Å². The molecule has 2 amide bonds. The first kappa shape index (κ1) is 37.3. The van der Waals surface area contributed by atoms with Crippen LogP contribution in [0.4, 0.5) is 27.6 Å². The summed E-state index contributed by atoms with van der Waals surface area (Å²) in [5, 5.41) is 2.45. The molecule has 2 aromatic rings. The molecular formula is C32H38ClF5N4O3S. The van der Waals surface area contributed by atoms with Gasteiger partial charge in [-0.15, -0.1) is 0 Å². The molecule has 46 heavy (non-hydrogen) atoms. The summed E-state index contributed by atoms with van der Waals surface area (Å²) in [6, 6.07) is 2.01. The number of rotatable bonds is 13. The van der Waals surface area contributed by atoms with E-state index in [1.165, 1.54) is 23.8 Å². The summed E-state index contributed by atoms with van der Waals surface area (Å²) in [5.41, 5.74) is -3.02. The number of benzene rings is 2. The van der Waals surface area contributed by atoms with Gasteiger partial charge in [0.25, 0.3) is 0 Å². The molecule has 7 nitrogen and oxygen atoms in total. The Labute approximate surface area is 276 Å². The van der Waals surface area contributed by atoms with Gasteiger partial charge in [0.2, 0.25) is 12.3 Å². The van der Waals surface area contributed by atoms with Gasteiger partial charge < -0.3 is 19.9 Å². The molecule has 1 aliphatic rings. The van der Waals surface area contributed by atoms with Crippen LogP contribution >= 0.6 is 24.2 Å². The number of aliphatic imine (C=N–C) groups is 1. The molecule has 0 radical (unpaired) electrons. The van der Waals surface area contributed by atoms with Gasteiger partial charge in [0.1, 0.15) is 17.5 Å². The zero-order valence-corrected chi connectivity index (χ0v) is 28.0. The van der Waals surface area contributed by atoms with E-state index in [1.807, 2.05) is 20.8 Å². The number of nitrogens with zero attached hydrogens (tertiary/aromatic N) is 3. The first-order valence-corrected chi connectivity index (χ1v) is 15.3. The lowest BCUT2D eigenvalue weighted by Crippen LogP contribution is -2.51. The third-order valence-corrected chi connectivity index (χ3v) is 8.26. The summed E-state index contributed by atoms with van der Waals surface area (Å²) >= 11 is 10.4. The number of nitrogens with one attached hydrogen (secondary N) is 1. The summed E-state index contributed by atoms with van der Waals surface area (Å²) in [5.74, 6) is -2.76. The van der Waals surface area contributed by atoms with E-state index in [4.69, 9.17) is 16.3 Å². The first-order chi connectivity index (χ1) is 21.4. The van der Waals surface area contributed by atoms with Gasteiger partial charge in [-0.2, -0.15) is 25.8 Å². The van der Waals surface area contributed by atoms with Crippen LogP contribution in [-0.4, -0.2) is 74.2 Å². The Bertz CT molecular complexity index is 1500. The van der Waals surface area contributed by atoms with Crippen molar-refractivity contribution < 1.29 is 36.3 Å². The maximum atomic E-state index is 15.2. The molecule has 1 N–H and O–H groups in total. The Morgan fingerprint density at radius 2 is 1.87 bits per heavy atom. The van der Waals surface area contributed by atoms with Crippen LogP contribution in [-0.2, 0) is 20.5 Å². The number of hydrogen-bond donors (Lipinski definition) is 2. The molecule has 2 aromatic carbocycles. The lowest BCUT2D eigenvalue weighted by atomic mass is 9.82. The number of ether oxygens (including phenoxy) is 1. The van der Waals surface area contributed by atoms with Crippen LogP contribution in [0, 0.1) is 24.0 Å². The maximum absolute atomic E-state index is 15.2.